The molecule has 144 valence electrons. The minimum atomic E-state index is -0.998. The summed E-state index contributed by atoms with van der Waals surface area (Å²) < 4.78 is -2.00. The van der Waals surface area contributed by atoms with E-state index in [1.54, 1.807) is 0 Å². The first-order chi connectivity index (χ1) is 13.4. The minimum Gasteiger partial charge on any atom is -0.347 e. The molecule has 0 spiro atoms. The molecule has 0 aromatic heterocycles. The summed E-state index contributed by atoms with van der Waals surface area (Å²) in [6.45, 7) is 0.996. The summed E-state index contributed by atoms with van der Waals surface area (Å²) in [6.07, 6.45) is 0. The van der Waals surface area contributed by atoms with E-state index in [0.29, 0.717) is 13.1 Å². The van der Waals surface area contributed by atoms with Crippen LogP contribution in [-0.4, -0.2) is 21.0 Å². The second-order valence-corrected chi connectivity index (χ2v) is 8.12. The Hall–Kier alpha value is -2.46. The minimum absolute atomic E-state index is 0.221. The maximum Gasteiger partial charge on any atom is 0.320 e. The Morgan fingerprint density at radius 3 is 1.29 bits per heavy atom. The van der Waals surface area contributed by atoms with Crippen molar-refractivity contribution in [2.45, 2.75) is 22.2 Å². The molecule has 0 aliphatic carbocycles. The summed E-state index contributed by atoms with van der Waals surface area (Å²) in [5, 5.41) is 19.8. The van der Waals surface area contributed by atoms with E-state index in [1.807, 2.05) is 60.7 Å². The highest BCUT2D eigenvalue weighted by Gasteiger charge is 2.46. The number of hydrogen-bond acceptors (Lipinski definition) is 6. The fourth-order valence-electron chi connectivity index (χ4n) is 2.05. The SMILES string of the molecule is O=C(NCc1ccccc1)C1(Br)N=N1.O=C(NCc1ccccc1)C1(Br)N=N1. The molecule has 0 fully saturated rings. The Labute approximate surface area is 178 Å². The molecule has 4 rings (SSSR count). The standard InChI is InChI=1S/2C9H8BrN3O/c2*10-9(12-13-9)8(14)11-6-7-4-2-1-3-5-7/h2*1-5H,6H2,(H,11,14). The topological polar surface area (TPSA) is 108 Å². The lowest BCUT2D eigenvalue weighted by molar-refractivity contribution is -0.122. The number of carbonyl (C=O) groups excluding carboxylic acids is 2. The van der Waals surface area contributed by atoms with Crippen molar-refractivity contribution in [3.8, 4) is 0 Å². The molecule has 0 bridgehead atoms. The van der Waals surface area contributed by atoms with Gasteiger partial charge in [-0.3, -0.25) is 9.59 Å². The zero-order chi connectivity index (χ0) is 20.0. The zero-order valence-electron chi connectivity index (χ0n) is 14.5. The largest absolute Gasteiger partial charge is 0.347 e. The first kappa shape index (κ1) is 20.3. The van der Waals surface area contributed by atoms with E-state index in [-0.39, 0.29) is 11.8 Å². The zero-order valence-corrected chi connectivity index (χ0v) is 17.7. The molecule has 10 heteroatoms. The maximum absolute atomic E-state index is 11.4. The van der Waals surface area contributed by atoms with Crippen LogP contribution in [0.1, 0.15) is 11.1 Å². The van der Waals surface area contributed by atoms with Crippen LogP contribution in [-0.2, 0) is 22.7 Å². The monoisotopic (exact) mass is 506 g/mol. The second kappa shape index (κ2) is 8.70. The number of carbonyl (C=O) groups is 2. The highest BCUT2D eigenvalue weighted by Crippen LogP contribution is 2.35. The number of halogens is 2. The average Bonchev–Trinajstić information content (AvgIpc) is 3.65. The molecule has 2 heterocycles. The van der Waals surface area contributed by atoms with Crippen molar-refractivity contribution in [3.63, 3.8) is 0 Å². The van der Waals surface area contributed by atoms with E-state index in [4.69, 9.17) is 0 Å². The number of benzene rings is 2. The number of rotatable bonds is 6. The molecule has 0 unspecified atom stereocenters. The van der Waals surface area contributed by atoms with E-state index >= 15 is 0 Å². The van der Waals surface area contributed by atoms with E-state index < -0.39 is 9.14 Å². The predicted octanol–water partition coefficient (Wildman–Crippen LogP) is 3.63. The van der Waals surface area contributed by atoms with Gasteiger partial charge in [0.05, 0.1) is 0 Å². The molecule has 0 atom stereocenters. The van der Waals surface area contributed by atoms with Crippen molar-refractivity contribution in [2.24, 2.45) is 20.5 Å². The Morgan fingerprint density at radius 2 is 1.00 bits per heavy atom. The Bertz CT molecular complexity index is 817. The lowest BCUT2D eigenvalue weighted by Gasteiger charge is -2.05. The van der Waals surface area contributed by atoms with E-state index in [2.05, 4.69) is 63.0 Å². The lowest BCUT2D eigenvalue weighted by atomic mass is 10.2. The van der Waals surface area contributed by atoms with Gasteiger partial charge in [-0.1, -0.05) is 60.7 Å². The van der Waals surface area contributed by atoms with Gasteiger partial charge in [-0.25, -0.2) is 0 Å². The van der Waals surface area contributed by atoms with Gasteiger partial charge in [0.15, 0.2) is 0 Å². The number of alkyl halides is 2. The van der Waals surface area contributed by atoms with Crippen LogP contribution in [0.5, 0.6) is 0 Å². The van der Waals surface area contributed by atoms with Crippen molar-refractivity contribution in [1.82, 2.24) is 10.6 Å². The smallest absolute Gasteiger partial charge is 0.320 e. The lowest BCUT2D eigenvalue weighted by Crippen LogP contribution is -2.32. The summed E-state index contributed by atoms with van der Waals surface area (Å²) in [4.78, 5) is 22.7. The van der Waals surface area contributed by atoms with Gasteiger partial charge in [-0.15, -0.1) is 20.5 Å². The maximum atomic E-state index is 11.4. The molecular formula is C18H16Br2N6O2. The highest BCUT2D eigenvalue weighted by atomic mass is 79.9. The van der Waals surface area contributed by atoms with Gasteiger partial charge in [0.2, 0.25) is 0 Å². The molecule has 28 heavy (non-hydrogen) atoms. The van der Waals surface area contributed by atoms with Crippen LogP contribution < -0.4 is 10.6 Å². The van der Waals surface area contributed by atoms with Crippen LogP contribution in [0, 0.1) is 0 Å². The molecule has 2 aromatic carbocycles. The van der Waals surface area contributed by atoms with Gasteiger partial charge in [-0.05, 0) is 43.0 Å². The molecule has 2 amide bonds. The van der Waals surface area contributed by atoms with Crippen molar-refractivity contribution < 1.29 is 9.59 Å². The summed E-state index contributed by atoms with van der Waals surface area (Å²) in [5.74, 6) is -0.442. The van der Waals surface area contributed by atoms with Gasteiger partial charge >= 0.3 is 9.14 Å². The van der Waals surface area contributed by atoms with Crippen LogP contribution in [0.3, 0.4) is 0 Å². The van der Waals surface area contributed by atoms with E-state index in [9.17, 15) is 9.59 Å². The van der Waals surface area contributed by atoms with Crippen LogP contribution in [0.2, 0.25) is 0 Å². The molecule has 8 nitrogen and oxygen atoms in total. The molecule has 0 saturated heterocycles. The summed E-state index contributed by atoms with van der Waals surface area (Å²) in [6, 6.07) is 19.4. The van der Waals surface area contributed by atoms with Gasteiger partial charge in [0, 0.05) is 13.1 Å². The number of amides is 2. The highest BCUT2D eigenvalue weighted by molar-refractivity contribution is 9.10. The summed E-state index contributed by atoms with van der Waals surface area (Å²) in [7, 11) is 0. The first-order valence-electron chi connectivity index (χ1n) is 8.32. The Kier molecular flexibility index (Phi) is 6.30. The normalized spacial score (nSPS) is 16.4. The fraction of sp³-hybridized carbons (Fsp3) is 0.222. The molecule has 0 saturated carbocycles. The number of hydrogen-bond donors (Lipinski definition) is 2. The molecule has 2 aromatic rings. The summed E-state index contributed by atoms with van der Waals surface area (Å²) >= 11 is 6.17. The van der Waals surface area contributed by atoms with Crippen molar-refractivity contribution >= 4 is 43.7 Å². The van der Waals surface area contributed by atoms with Crippen LogP contribution in [0.4, 0.5) is 0 Å². The number of nitrogens with zero attached hydrogens (tertiary/aromatic N) is 4. The Balaban J connectivity index is 0.000000161. The molecule has 0 radical (unpaired) electrons. The van der Waals surface area contributed by atoms with Crippen LogP contribution >= 0.6 is 31.9 Å². The second-order valence-electron chi connectivity index (χ2n) is 5.91. The third kappa shape index (κ3) is 5.77. The summed E-state index contributed by atoms with van der Waals surface area (Å²) in [5.41, 5.74) is 2.11. The van der Waals surface area contributed by atoms with Crippen LogP contribution in [0.15, 0.2) is 81.1 Å². The quantitative estimate of drug-likeness (QED) is 0.460. The third-order valence-corrected chi connectivity index (χ3v) is 5.08. The van der Waals surface area contributed by atoms with Gasteiger partial charge in [0.25, 0.3) is 11.8 Å². The number of nitrogens with one attached hydrogen (secondary N) is 2. The molecular weight excluding hydrogens is 492 g/mol. The molecule has 2 aliphatic rings. The Morgan fingerprint density at radius 1 is 0.679 bits per heavy atom. The van der Waals surface area contributed by atoms with Crippen molar-refractivity contribution in [1.29, 1.82) is 0 Å². The molecule has 2 aliphatic heterocycles. The fourth-order valence-corrected chi connectivity index (χ4v) is 2.49. The predicted molar refractivity (Wildman–Crippen MR) is 110 cm³/mol. The van der Waals surface area contributed by atoms with Crippen molar-refractivity contribution in [3.05, 3.63) is 71.8 Å². The van der Waals surface area contributed by atoms with Crippen LogP contribution in [0.25, 0.3) is 0 Å². The van der Waals surface area contributed by atoms with E-state index in [1.165, 1.54) is 0 Å². The average molecular weight is 508 g/mol. The third-order valence-electron chi connectivity index (χ3n) is 3.72. The van der Waals surface area contributed by atoms with Crippen molar-refractivity contribution in [2.75, 3.05) is 0 Å². The van der Waals surface area contributed by atoms with Gasteiger partial charge in [0.1, 0.15) is 0 Å². The first-order valence-corrected chi connectivity index (χ1v) is 9.90. The van der Waals surface area contributed by atoms with Gasteiger partial charge < -0.3 is 10.6 Å². The van der Waals surface area contributed by atoms with E-state index in [0.717, 1.165) is 11.1 Å². The molecule has 2 N–H and O–H groups in total. The van der Waals surface area contributed by atoms with Gasteiger partial charge in [-0.2, -0.15) is 0 Å².